The van der Waals surface area contributed by atoms with E-state index in [0.717, 1.165) is 5.56 Å². The standard InChI is InChI=1S/C19H25NO4S/c1-14-7-9-15(10-8-14)25(22,23)17(16-6-5-11-24-16)13-20-18(21)12-19(2,3)4/h5-11,17H,12-13H2,1-4H3,(H,20,21). The molecule has 1 aromatic heterocycles. The van der Waals surface area contributed by atoms with Gasteiger partial charge in [0.05, 0.1) is 11.2 Å². The highest BCUT2D eigenvalue weighted by molar-refractivity contribution is 7.91. The number of benzene rings is 1. The molecule has 1 heterocycles. The molecular formula is C19H25NO4S. The number of rotatable bonds is 6. The number of nitrogens with one attached hydrogen (secondary N) is 1. The van der Waals surface area contributed by atoms with E-state index in [9.17, 15) is 13.2 Å². The summed E-state index contributed by atoms with van der Waals surface area (Å²) in [6.45, 7) is 7.74. The highest BCUT2D eigenvalue weighted by Crippen LogP contribution is 2.29. The number of furan rings is 1. The van der Waals surface area contributed by atoms with Crippen LogP contribution in [0.3, 0.4) is 0 Å². The van der Waals surface area contributed by atoms with Crippen LogP contribution < -0.4 is 5.32 Å². The third-order valence-electron chi connectivity index (χ3n) is 3.76. The Kier molecular flexibility index (Phi) is 5.72. The van der Waals surface area contributed by atoms with E-state index in [1.165, 1.54) is 6.26 Å². The van der Waals surface area contributed by atoms with Gasteiger partial charge in [-0.1, -0.05) is 38.5 Å². The minimum atomic E-state index is -3.69. The lowest BCUT2D eigenvalue weighted by Gasteiger charge is -2.20. The lowest BCUT2D eigenvalue weighted by atomic mass is 9.92. The molecule has 0 saturated heterocycles. The van der Waals surface area contributed by atoms with Crippen molar-refractivity contribution in [1.82, 2.24) is 5.32 Å². The molecule has 0 aliphatic rings. The van der Waals surface area contributed by atoms with Crippen LogP contribution in [-0.4, -0.2) is 20.9 Å². The van der Waals surface area contributed by atoms with Crippen LogP contribution in [0, 0.1) is 12.3 Å². The topological polar surface area (TPSA) is 76.4 Å². The van der Waals surface area contributed by atoms with Crippen LogP contribution in [0.4, 0.5) is 0 Å². The Labute approximate surface area is 149 Å². The van der Waals surface area contributed by atoms with Gasteiger partial charge in [0.25, 0.3) is 0 Å². The van der Waals surface area contributed by atoms with Crippen molar-refractivity contribution < 1.29 is 17.6 Å². The molecule has 0 fully saturated rings. The number of hydrogen-bond acceptors (Lipinski definition) is 4. The molecule has 136 valence electrons. The fraction of sp³-hybridized carbons (Fsp3) is 0.421. The first kappa shape index (κ1) is 19.2. The van der Waals surface area contributed by atoms with Crippen molar-refractivity contribution in [3.8, 4) is 0 Å². The van der Waals surface area contributed by atoms with Crippen LogP contribution in [-0.2, 0) is 14.6 Å². The molecular weight excluding hydrogens is 338 g/mol. The second kappa shape index (κ2) is 7.44. The van der Waals surface area contributed by atoms with E-state index in [1.807, 2.05) is 27.7 Å². The maximum Gasteiger partial charge on any atom is 0.220 e. The summed E-state index contributed by atoms with van der Waals surface area (Å²) in [5.41, 5.74) is 0.812. The Morgan fingerprint density at radius 1 is 1.16 bits per heavy atom. The molecule has 0 spiro atoms. The Hall–Kier alpha value is -2.08. The van der Waals surface area contributed by atoms with Crippen LogP contribution in [0.1, 0.15) is 43.8 Å². The van der Waals surface area contributed by atoms with Crippen molar-refractivity contribution >= 4 is 15.7 Å². The quantitative estimate of drug-likeness (QED) is 0.850. The van der Waals surface area contributed by atoms with Crippen LogP contribution in [0.2, 0.25) is 0 Å². The molecule has 25 heavy (non-hydrogen) atoms. The van der Waals surface area contributed by atoms with Gasteiger partial charge in [0, 0.05) is 13.0 Å². The summed E-state index contributed by atoms with van der Waals surface area (Å²) >= 11 is 0. The van der Waals surface area contributed by atoms with E-state index >= 15 is 0 Å². The Morgan fingerprint density at radius 2 is 1.80 bits per heavy atom. The van der Waals surface area contributed by atoms with Crippen LogP contribution >= 0.6 is 0 Å². The van der Waals surface area contributed by atoms with Crippen LogP contribution in [0.5, 0.6) is 0 Å². The second-order valence-electron chi connectivity index (χ2n) is 7.40. The smallest absolute Gasteiger partial charge is 0.220 e. The number of carbonyl (C=O) groups is 1. The first-order valence-electron chi connectivity index (χ1n) is 8.20. The third-order valence-corrected chi connectivity index (χ3v) is 5.84. The average Bonchev–Trinajstić information content (AvgIpc) is 2.99. The molecule has 0 aliphatic carbocycles. The maximum atomic E-state index is 13.0. The summed E-state index contributed by atoms with van der Waals surface area (Å²) in [6, 6.07) is 9.93. The zero-order valence-corrected chi connectivity index (χ0v) is 15.9. The summed E-state index contributed by atoms with van der Waals surface area (Å²) in [5.74, 6) is 0.139. The minimum absolute atomic E-state index is 0.0291. The largest absolute Gasteiger partial charge is 0.468 e. The Bertz CT molecular complexity index is 800. The molecule has 0 aliphatic heterocycles. The Morgan fingerprint density at radius 3 is 2.32 bits per heavy atom. The van der Waals surface area contributed by atoms with Crippen molar-refractivity contribution in [2.45, 2.75) is 44.3 Å². The summed E-state index contributed by atoms with van der Waals surface area (Å²) in [7, 11) is -3.69. The van der Waals surface area contributed by atoms with Gasteiger partial charge in [-0.3, -0.25) is 4.79 Å². The van der Waals surface area contributed by atoms with Gasteiger partial charge in [0.1, 0.15) is 11.0 Å². The SMILES string of the molecule is Cc1ccc(S(=O)(=O)C(CNC(=O)CC(C)(C)C)c2ccco2)cc1. The number of amides is 1. The minimum Gasteiger partial charge on any atom is -0.468 e. The predicted molar refractivity (Wildman–Crippen MR) is 96.9 cm³/mol. The van der Waals surface area contributed by atoms with Crippen molar-refractivity contribution in [1.29, 1.82) is 0 Å². The highest BCUT2D eigenvalue weighted by Gasteiger charge is 2.32. The molecule has 6 heteroatoms. The monoisotopic (exact) mass is 363 g/mol. The highest BCUT2D eigenvalue weighted by atomic mass is 32.2. The zero-order valence-electron chi connectivity index (χ0n) is 15.1. The number of carbonyl (C=O) groups excluding carboxylic acids is 1. The van der Waals surface area contributed by atoms with E-state index in [0.29, 0.717) is 12.2 Å². The van der Waals surface area contributed by atoms with Crippen LogP contribution in [0.15, 0.2) is 52.0 Å². The summed E-state index contributed by atoms with van der Waals surface area (Å²) in [4.78, 5) is 12.3. The van der Waals surface area contributed by atoms with Gasteiger partial charge in [0.15, 0.2) is 9.84 Å². The normalized spacial score (nSPS) is 13.4. The van der Waals surface area contributed by atoms with Crippen molar-refractivity contribution in [3.05, 3.63) is 54.0 Å². The van der Waals surface area contributed by atoms with E-state index < -0.39 is 15.1 Å². The zero-order chi connectivity index (χ0) is 18.7. The van der Waals surface area contributed by atoms with Gasteiger partial charge in [-0.05, 0) is 36.6 Å². The molecule has 0 saturated carbocycles. The van der Waals surface area contributed by atoms with E-state index in [2.05, 4.69) is 5.32 Å². The number of hydrogen-bond donors (Lipinski definition) is 1. The van der Waals surface area contributed by atoms with Gasteiger partial charge in [-0.2, -0.15) is 0 Å². The predicted octanol–water partition coefficient (Wildman–Crippen LogP) is 3.66. The molecule has 0 radical (unpaired) electrons. The van der Waals surface area contributed by atoms with Gasteiger partial charge >= 0.3 is 0 Å². The molecule has 0 bridgehead atoms. The molecule has 1 N–H and O–H groups in total. The summed E-state index contributed by atoms with van der Waals surface area (Å²) < 4.78 is 31.4. The molecule has 1 atom stereocenters. The molecule has 1 aromatic carbocycles. The molecule has 1 amide bonds. The van der Waals surface area contributed by atoms with E-state index in [-0.39, 0.29) is 22.8 Å². The number of aryl methyl sites for hydroxylation is 1. The number of sulfone groups is 1. The fourth-order valence-corrected chi connectivity index (χ4v) is 4.07. The lowest BCUT2D eigenvalue weighted by molar-refractivity contribution is -0.122. The van der Waals surface area contributed by atoms with Gasteiger partial charge in [0.2, 0.25) is 5.91 Å². The summed E-state index contributed by atoms with van der Waals surface area (Å²) in [6.07, 6.45) is 1.76. The van der Waals surface area contributed by atoms with Crippen molar-refractivity contribution in [2.24, 2.45) is 5.41 Å². The molecule has 2 aromatic rings. The Balaban J connectivity index is 2.25. The van der Waals surface area contributed by atoms with Gasteiger partial charge in [-0.25, -0.2) is 8.42 Å². The first-order valence-corrected chi connectivity index (χ1v) is 9.75. The van der Waals surface area contributed by atoms with E-state index in [4.69, 9.17) is 4.42 Å². The van der Waals surface area contributed by atoms with Gasteiger partial charge in [-0.15, -0.1) is 0 Å². The second-order valence-corrected chi connectivity index (χ2v) is 9.53. The lowest BCUT2D eigenvalue weighted by Crippen LogP contribution is -2.33. The van der Waals surface area contributed by atoms with Gasteiger partial charge < -0.3 is 9.73 Å². The maximum absolute atomic E-state index is 13.0. The third kappa shape index (κ3) is 5.19. The molecule has 2 rings (SSSR count). The van der Waals surface area contributed by atoms with Crippen molar-refractivity contribution in [2.75, 3.05) is 6.54 Å². The van der Waals surface area contributed by atoms with Crippen molar-refractivity contribution in [3.63, 3.8) is 0 Å². The molecule has 5 nitrogen and oxygen atoms in total. The van der Waals surface area contributed by atoms with Crippen LogP contribution in [0.25, 0.3) is 0 Å². The fourth-order valence-electron chi connectivity index (χ4n) is 2.48. The average molecular weight is 363 g/mol. The van der Waals surface area contributed by atoms with E-state index in [1.54, 1.807) is 36.4 Å². The molecule has 1 unspecified atom stereocenters. The summed E-state index contributed by atoms with van der Waals surface area (Å²) in [5, 5.41) is 1.77. The first-order chi connectivity index (χ1) is 11.6.